The number of ether oxygens (including phenoxy) is 2. The van der Waals surface area contributed by atoms with Crippen LogP contribution in [0.2, 0.25) is 0 Å². The maximum Gasteiger partial charge on any atom is 0.468 e. The molecule has 2 heterocycles. The zero-order valence-electron chi connectivity index (χ0n) is 9.96. The predicted molar refractivity (Wildman–Crippen MR) is 67.8 cm³/mol. The standard InChI is InChI=1S/C15H12NO2/c1-10-5-4-6-11-9-16-12-7-2-3-8-13(12)17-15(16)18-14(10)11/h2-9,15H,1H3/q+1. The van der Waals surface area contributed by atoms with Crippen molar-refractivity contribution in [1.29, 1.82) is 0 Å². The fraction of sp³-hybridized carbons (Fsp3) is 0.133. The molecule has 88 valence electrons. The zero-order valence-corrected chi connectivity index (χ0v) is 9.96. The van der Waals surface area contributed by atoms with E-state index >= 15 is 0 Å². The molecule has 1 unspecified atom stereocenters. The van der Waals surface area contributed by atoms with Crippen LogP contribution in [0.15, 0.2) is 42.5 Å². The topological polar surface area (TPSA) is 21.5 Å². The maximum atomic E-state index is 5.94. The summed E-state index contributed by atoms with van der Waals surface area (Å²) in [6.07, 6.45) is 1.71. The minimum Gasteiger partial charge on any atom is -0.400 e. The molecule has 4 rings (SSSR count). The highest BCUT2D eigenvalue weighted by Crippen LogP contribution is 2.39. The minimum absolute atomic E-state index is 0.379. The fourth-order valence-electron chi connectivity index (χ4n) is 2.45. The third-order valence-electron chi connectivity index (χ3n) is 3.34. The van der Waals surface area contributed by atoms with Crippen LogP contribution in [-0.2, 0) is 0 Å². The van der Waals surface area contributed by atoms with E-state index in [1.807, 2.05) is 47.9 Å². The van der Waals surface area contributed by atoms with E-state index in [-0.39, 0.29) is 6.41 Å². The summed E-state index contributed by atoms with van der Waals surface area (Å²) in [5.74, 6) is 1.77. The molecular formula is C15H12NO2+. The van der Waals surface area contributed by atoms with Crippen molar-refractivity contribution in [3.63, 3.8) is 0 Å². The first-order valence-electron chi connectivity index (χ1n) is 5.98. The van der Waals surface area contributed by atoms with Crippen molar-refractivity contribution in [2.24, 2.45) is 0 Å². The Morgan fingerprint density at radius 2 is 1.89 bits per heavy atom. The number of hydrogen-bond donors (Lipinski definition) is 0. The number of benzene rings is 2. The Kier molecular flexibility index (Phi) is 1.81. The van der Waals surface area contributed by atoms with E-state index in [2.05, 4.69) is 12.3 Å². The average molecular weight is 238 g/mol. The molecule has 2 aliphatic heterocycles. The summed E-state index contributed by atoms with van der Waals surface area (Å²) in [5.41, 5.74) is 3.27. The van der Waals surface area contributed by atoms with Crippen LogP contribution in [0.25, 0.3) is 0 Å². The number of para-hydroxylation sites is 3. The van der Waals surface area contributed by atoms with Crippen molar-refractivity contribution in [2.45, 2.75) is 13.3 Å². The van der Waals surface area contributed by atoms with Gasteiger partial charge in [-0.1, -0.05) is 24.3 Å². The summed E-state index contributed by atoms with van der Waals surface area (Å²) < 4.78 is 13.8. The van der Waals surface area contributed by atoms with Crippen molar-refractivity contribution in [3.8, 4) is 11.5 Å². The summed E-state index contributed by atoms with van der Waals surface area (Å²) in [4.78, 5) is 0. The van der Waals surface area contributed by atoms with Gasteiger partial charge in [0.25, 0.3) is 5.69 Å². The van der Waals surface area contributed by atoms with E-state index in [4.69, 9.17) is 9.47 Å². The first-order chi connectivity index (χ1) is 8.83. The normalized spacial score (nSPS) is 18.9. The molecule has 0 aliphatic carbocycles. The zero-order chi connectivity index (χ0) is 12.1. The van der Waals surface area contributed by atoms with Gasteiger partial charge in [0.2, 0.25) is 5.75 Å². The van der Waals surface area contributed by atoms with Gasteiger partial charge in [0.15, 0.2) is 6.21 Å². The predicted octanol–water partition coefficient (Wildman–Crippen LogP) is 2.83. The Hall–Kier alpha value is -2.29. The Labute approximate surface area is 105 Å². The monoisotopic (exact) mass is 238 g/mol. The molecule has 0 N–H and O–H groups in total. The quantitative estimate of drug-likeness (QED) is 0.658. The van der Waals surface area contributed by atoms with E-state index in [1.165, 1.54) is 0 Å². The van der Waals surface area contributed by atoms with Gasteiger partial charge in [-0.2, -0.15) is 0 Å². The Balaban J connectivity index is 1.92. The minimum atomic E-state index is -0.379. The fourth-order valence-corrected chi connectivity index (χ4v) is 2.45. The van der Waals surface area contributed by atoms with Crippen LogP contribution in [0, 0.1) is 6.92 Å². The average Bonchev–Trinajstić information content (AvgIpc) is 2.75. The molecular weight excluding hydrogens is 226 g/mol. The van der Waals surface area contributed by atoms with Crippen LogP contribution in [0.3, 0.4) is 0 Å². The van der Waals surface area contributed by atoms with Crippen molar-refractivity contribution >= 4 is 11.9 Å². The summed E-state index contributed by atoms with van der Waals surface area (Å²) in [6.45, 7) is 2.05. The molecule has 0 saturated heterocycles. The largest absolute Gasteiger partial charge is 0.468 e. The van der Waals surface area contributed by atoms with Crippen LogP contribution < -0.4 is 9.47 Å². The molecule has 2 aliphatic rings. The van der Waals surface area contributed by atoms with E-state index in [9.17, 15) is 0 Å². The van der Waals surface area contributed by atoms with Crippen molar-refractivity contribution in [2.75, 3.05) is 0 Å². The van der Waals surface area contributed by atoms with Gasteiger partial charge in [0.05, 0.1) is 5.56 Å². The van der Waals surface area contributed by atoms with Crippen molar-refractivity contribution in [1.82, 2.24) is 0 Å². The van der Waals surface area contributed by atoms with Gasteiger partial charge >= 0.3 is 6.41 Å². The summed E-state index contributed by atoms with van der Waals surface area (Å²) in [5, 5.41) is 0. The summed E-state index contributed by atoms with van der Waals surface area (Å²) >= 11 is 0. The van der Waals surface area contributed by atoms with Gasteiger partial charge < -0.3 is 9.47 Å². The van der Waals surface area contributed by atoms with Crippen LogP contribution in [0.5, 0.6) is 11.5 Å². The molecule has 0 aromatic heterocycles. The maximum absolute atomic E-state index is 5.94. The first kappa shape index (κ1) is 9.71. The van der Waals surface area contributed by atoms with Gasteiger partial charge in [0.1, 0.15) is 5.75 Å². The molecule has 0 amide bonds. The molecule has 2 aromatic rings. The highest BCUT2D eigenvalue weighted by atomic mass is 16.7. The van der Waals surface area contributed by atoms with E-state index in [0.29, 0.717) is 0 Å². The van der Waals surface area contributed by atoms with Gasteiger partial charge in [-0.15, -0.1) is 4.58 Å². The van der Waals surface area contributed by atoms with Gasteiger partial charge in [0, 0.05) is 6.07 Å². The number of rotatable bonds is 0. The third-order valence-corrected chi connectivity index (χ3v) is 3.34. The molecule has 0 spiro atoms. The lowest BCUT2D eigenvalue weighted by Gasteiger charge is -2.17. The lowest BCUT2D eigenvalue weighted by atomic mass is 10.1. The number of nitrogens with zero attached hydrogens (tertiary/aromatic N) is 1. The van der Waals surface area contributed by atoms with E-state index in [0.717, 1.165) is 28.3 Å². The molecule has 18 heavy (non-hydrogen) atoms. The second-order valence-electron chi connectivity index (χ2n) is 4.54. The molecule has 0 saturated carbocycles. The summed E-state index contributed by atoms with van der Waals surface area (Å²) in [7, 11) is 0. The van der Waals surface area contributed by atoms with Gasteiger partial charge in [-0.3, -0.25) is 0 Å². The van der Waals surface area contributed by atoms with E-state index in [1.54, 1.807) is 0 Å². The Morgan fingerprint density at radius 1 is 1.00 bits per heavy atom. The number of hydrogen-bond acceptors (Lipinski definition) is 2. The smallest absolute Gasteiger partial charge is 0.400 e. The van der Waals surface area contributed by atoms with Crippen molar-refractivity contribution in [3.05, 3.63) is 53.6 Å². The SMILES string of the molecule is Cc1cccc2c1OC1Oc3ccccc3[N+]1=C2. The Bertz CT molecular complexity index is 676. The molecule has 0 radical (unpaired) electrons. The third kappa shape index (κ3) is 1.21. The molecule has 1 atom stereocenters. The first-order valence-corrected chi connectivity index (χ1v) is 5.98. The van der Waals surface area contributed by atoms with Crippen LogP contribution in [0.1, 0.15) is 11.1 Å². The molecule has 0 fully saturated rings. The molecule has 2 aromatic carbocycles. The highest BCUT2D eigenvalue weighted by molar-refractivity contribution is 5.82. The lowest BCUT2D eigenvalue weighted by Crippen LogP contribution is -2.34. The molecule has 0 bridgehead atoms. The number of fused-ring (bicyclic) bond motifs is 4. The van der Waals surface area contributed by atoms with Gasteiger partial charge in [-0.25, -0.2) is 0 Å². The molecule has 3 nitrogen and oxygen atoms in total. The van der Waals surface area contributed by atoms with Crippen molar-refractivity contribution < 1.29 is 14.0 Å². The lowest BCUT2D eigenvalue weighted by molar-refractivity contribution is -0.555. The highest BCUT2D eigenvalue weighted by Gasteiger charge is 2.41. The second-order valence-corrected chi connectivity index (χ2v) is 4.54. The Morgan fingerprint density at radius 3 is 2.83 bits per heavy atom. The van der Waals surface area contributed by atoms with Crippen LogP contribution >= 0.6 is 0 Å². The van der Waals surface area contributed by atoms with E-state index < -0.39 is 0 Å². The number of aryl methyl sites for hydroxylation is 1. The molecule has 3 heteroatoms. The second kappa shape index (κ2) is 3.35. The van der Waals surface area contributed by atoms with Crippen LogP contribution in [0.4, 0.5) is 5.69 Å². The van der Waals surface area contributed by atoms with Crippen LogP contribution in [-0.4, -0.2) is 17.2 Å². The summed E-state index contributed by atoms with van der Waals surface area (Å²) in [6, 6.07) is 14.1. The van der Waals surface area contributed by atoms with Gasteiger partial charge in [-0.05, 0) is 24.6 Å².